The molecule has 4 heteroatoms. The van der Waals surface area contributed by atoms with E-state index in [9.17, 15) is 4.79 Å². The van der Waals surface area contributed by atoms with Crippen molar-refractivity contribution in [1.82, 2.24) is 0 Å². The highest BCUT2D eigenvalue weighted by Gasteiger charge is 2.02. The van der Waals surface area contributed by atoms with Crippen molar-refractivity contribution >= 4 is 17.3 Å². The quantitative estimate of drug-likeness (QED) is 0.614. The maximum Gasteiger partial charge on any atom is 0.333 e. The molecule has 0 spiro atoms. The van der Waals surface area contributed by atoms with E-state index in [0.29, 0.717) is 12.1 Å². The van der Waals surface area contributed by atoms with Crippen molar-refractivity contribution in [2.45, 2.75) is 20.8 Å². The molecule has 0 aliphatic rings. The number of ether oxygens (including phenoxy) is 1. The number of hydrogen-bond donors (Lipinski definition) is 1. The van der Waals surface area contributed by atoms with Gasteiger partial charge in [0.2, 0.25) is 0 Å². The predicted molar refractivity (Wildman–Crippen MR) is 84.3 cm³/mol. The van der Waals surface area contributed by atoms with E-state index < -0.39 is 0 Å². The van der Waals surface area contributed by atoms with Crippen LogP contribution in [0, 0.1) is 0 Å². The van der Waals surface area contributed by atoms with Crippen LogP contribution in [0.25, 0.3) is 0 Å². The fourth-order valence-corrected chi connectivity index (χ4v) is 1.95. The van der Waals surface area contributed by atoms with Crippen LogP contribution < -0.4 is 10.2 Å². The van der Waals surface area contributed by atoms with Crippen molar-refractivity contribution in [3.05, 3.63) is 35.9 Å². The predicted octanol–water partition coefficient (Wildman–Crippen LogP) is 3.06. The number of rotatable bonds is 7. The van der Waals surface area contributed by atoms with Crippen molar-refractivity contribution < 1.29 is 9.53 Å². The van der Waals surface area contributed by atoms with Crippen molar-refractivity contribution in [3.63, 3.8) is 0 Å². The Kier molecular flexibility index (Phi) is 6.64. The summed E-state index contributed by atoms with van der Waals surface area (Å²) in [6, 6.07) is 8.31. The second kappa shape index (κ2) is 8.25. The first kappa shape index (κ1) is 16.1. The molecule has 4 nitrogen and oxygen atoms in total. The molecular weight excluding hydrogens is 252 g/mol. The fraction of sp³-hybridized carbons (Fsp3) is 0.438. The number of hydrogen-bond acceptors (Lipinski definition) is 4. The number of nitrogens with one attached hydrogen (secondary N) is 1. The van der Waals surface area contributed by atoms with Crippen LogP contribution in [0.15, 0.2) is 35.9 Å². The summed E-state index contributed by atoms with van der Waals surface area (Å²) in [4.78, 5) is 13.5. The lowest BCUT2D eigenvalue weighted by atomic mass is 10.2. The van der Waals surface area contributed by atoms with Gasteiger partial charge in [-0.1, -0.05) is 6.08 Å². The number of carbonyl (C=O) groups excluding carboxylic acids is 1. The minimum absolute atomic E-state index is 0.288. The van der Waals surface area contributed by atoms with Crippen molar-refractivity contribution in [3.8, 4) is 0 Å². The van der Waals surface area contributed by atoms with Gasteiger partial charge in [0.25, 0.3) is 0 Å². The Balaban J connectivity index is 2.56. The monoisotopic (exact) mass is 276 g/mol. The second-order valence-corrected chi connectivity index (χ2v) is 4.48. The van der Waals surface area contributed by atoms with Gasteiger partial charge < -0.3 is 15.0 Å². The largest absolute Gasteiger partial charge is 0.466 e. The third-order valence-corrected chi connectivity index (χ3v) is 3.22. The SMILES string of the molecule is CCN(CC)c1ccc(NC/C=C(/C)C(=O)OC)cc1. The van der Waals surface area contributed by atoms with Crippen LogP contribution in [-0.4, -0.2) is 32.7 Å². The summed E-state index contributed by atoms with van der Waals surface area (Å²) >= 11 is 0. The van der Waals surface area contributed by atoms with Gasteiger partial charge in [-0.15, -0.1) is 0 Å². The highest BCUT2D eigenvalue weighted by atomic mass is 16.5. The molecule has 20 heavy (non-hydrogen) atoms. The van der Waals surface area contributed by atoms with Gasteiger partial charge in [-0.05, 0) is 45.0 Å². The van der Waals surface area contributed by atoms with E-state index in [0.717, 1.165) is 18.8 Å². The van der Waals surface area contributed by atoms with Crippen LogP contribution in [0.4, 0.5) is 11.4 Å². The van der Waals surface area contributed by atoms with Gasteiger partial charge >= 0.3 is 5.97 Å². The molecule has 1 N–H and O–H groups in total. The summed E-state index contributed by atoms with van der Waals surface area (Å²) in [5, 5.41) is 3.25. The normalized spacial score (nSPS) is 11.1. The Morgan fingerprint density at radius 2 is 1.85 bits per heavy atom. The molecule has 110 valence electrons. The maximum atomic E-state index is 11.2. The number of anilines is 2. The summed E-state index contributed by atoms with van der Waals surface area (Å²) < 4.78 is 4.64. The molecular formula is C16H24N2O2. The minimum Gasteiger partial charge on any atom is -0.466 e. The summed E-state index contributed by atoms with van der Waals surface area (Å²) in [6.45, 7) is 8.66. The first-order valence-electron chi connectivity index (χ1n) is 6.96. The van der Waals surface area contributed by atoms with Gasteiger partial charge in [-0.2, -0.15) is 0 Å². The molecule has 0 amide bonds. The molecule has 0 fully saturated rings. The highest BCUT2D eigenvalue weighted by molar-refractivity contribution is 5.87. The number of nitrogens with zero attached hydrogens (tertiary/aromatic N) is 1. The smallest absolute Gasteiger partial charge is 0.333 e. The third kappa shape index (κ3) is 4.61. The van der Waals surface area contributed by atoms with Crippen LogP contribution in [0.3, 0.4) is 0 Å². The molecule has 0 bridgehead atoms. The maximum absolute atomic E-state index is 11.2. The van der Waals surface area contributed by atoms with E-state index in [-0.39, 0.29) is 5.97 Å². The Morgan fingerprint density at radius 3 is 2.35 bits per heavy atom. The lowest BCUT2D eigenvalue weighted by Crippen LogP contribution is -2.21. The summed E-state index contributed by atoms with van der Waals surface area (Å²) in [6.07, 6.45) is 1.82. The first-order chi connectivity index (χ1) is 9.62. The van der Waals surface area contributed by atoms with Crippen molar-refractivity contribution in [1.29, 1.82) is 0 Å². The molecule has 0 aromatic heterocycles. The highest BCUT2D eigenvalue weighted by Crippen LogP contribution is 2.17. The van der Waals surface area contributed by atoms with Crippen molar-refractivity contribution in [2.75, 3.05) is 37.0 Å². The van der Waals surface area contributed by atoms with E-state index >= 15 is 0 Å². The second-order valence-electron chi connectivity index (χ2n) is 4.48. The average molecular weight is 276 g/mol. The Labute approximate surface area is 121 Å². The number of methoxy groups -OCH3 is 1. The molecule has 1 aromatic rings. The molecule has 0 atom stereocenters. The topological polar surface area (TPSA) is 41.6 Å². The Hall–Kier alpha value is -1.97. The average Bonchev–Trinajstić information content (AvgIpc) is 2.49. The Morgan fingerprint density at radius 1 is 1.25 bits per heavy atom. The number of carbonyl (C=O) groups is 1. The lowest BCUT2D eigenvalue weighted by Gasteiger charge is -2.21. The molecule has 0 heterocycles. The molecule has 1 rings (SSSR count). The molecule has 0 radical (unpaired) electrons. The Bertz CT molecular complexity index is 448. The van der Waals surface area contributed by atoms with Crippen LogP contribution in [-0.2, 0) is 9.53 Å². The van der Waals surface area contributed by atoms with Gasteiger partial charge in [0.1, 0.15) is 0 Å². The van der Waals surface area contributed by atoms with E-state index in [1.165, 1.54) is 12.8 Å². The lowest BCUT2D eigenvalue weighted by molar-refractivity contribution is -0.136. The van der Waals surface area contributed by atoms with E-state index in [1.807, 2.05) is 6.08 Å². The van der Waals surface area contributed by atoms with Crippen LogP contribution >= 0.6 is 0 Å². The van der Waals surface area contributed by atoms with E-state index in [2.05, 4.69) is 53.1 Å². The molecule has 0 unspecified atom stereocenters. The van der Waals surface area contributed by atoms with Gasteiger partial charge in [0.05, 0.1) is 7.11 Å². The molecule has 0 aliphatic heterocycles. The van der Waals surface area contributed by atoms with Crippen molar-refractivity contribution in [2.24, 2.45) is 0 Å². The minimum atomic E-state index is -0.288. The van der Waals surface area contributed by atoms with E-state index in [1.54, 1.807) is 6.92 Å². The zero-order valence-electron chi connectivity index (χ0n) is 12.8. The van der Waals surface area contributed by atoms with Crippen LogP contribution in [0.1, 0.15) is 20.8 Å². The molecule has 1 aromatic carbocycles. The van der Waals surface area contributed by atoms with Gasteiger partial charge in [-0.3, -0.25) is 0 Å². The molecule has 0 aliphatic carbocycles. The van der Waals surface area contributed by atoms with Gasteiger partial charge in [0, 0.05) is 36.6 Å². The van der Waals surface area contributed by atoms with Gasteiger partial charge in [-0.25, -0.2) is 4.79 Å². The molecule has 0 saturated heterocycles. The summed E-state index contributed by atoms with van der Waals surface area (Å²) in [7, 11) is 1.39. The number of esters is 1. The standard InChI is InChI=1S/C16H24N2O2/c1-5-18(6-2)15-9-7-14(8-10-15)17-12-11-13(3)16(19)20-4/h7-11,17H,5-6,12H2,1-4H3/b13-11-. The zero-order chi connectivity index (χ0) is 15.0. The van der Waals surface area contributed by atoms with Crippen LogP contribution in [0.2, 0.25) is 0 Å². The van der Waals surface area contributed by atoms with E-state index in [4.69, 9.17) is 0 Å². The third-order valence-electron chi connectivity index (χ3n) is 3.22. The zero-order valence-corrected chi connectivity index (χ0v) is 12.8. The van der Waals surface area contributed by atoms with Crippen LogP contribution in [0.5, 0.6) is 0 Å². The summed E-state index contributed by atoms with van der Waals surface area (Å²) in [5.41, 5.74) is 2.87. The molecule has 0 saturated carbocycles. The fourth-order valence-electron chi connectivity index (χ4n) is 1.95. The first-order valence-corrected chi connectivity index (χ1v) is 6.96. The van der Waals surface area contributed by atoms with Gasteiger partial charge in [0.15, 0.2) is 0 Å². The number of benzene rings is 1. The summed E-state index contributed by atoms with van der Waals surface area (Å²) in [5.74, 6) is -0.288.